The van der Waals surface area contributed by atoms with Crippen molar-refractivity contribution in [2.45, 2.75) is 45.7 Å². The summed E-state index contributed by atoms with van der Waals surface area (Å²) in [6, 6.07) is 23.5. The lowest BCUT2D eigenvalue weighted by atomic mass is 10.1. The van der Waals surface area contributed by atoms with E-state index < -0.39 is 0 Å². The third-order valence-electron chi connectivity index (χ3n) is 6.04. The quantitative estimate of drug-likeness (QED) is 0.220. The number of aromatic nitrogens is 2. The molecule has 0 aliphatic heterocycles. The van der Waals surface area contributed by atoms with Crippen LogP contribution in [0.15, 0.2) is 72.8 Å². The van der Waals surface area contributed by atoms with Gasteiger partial charge in [0.15, 0.2) is 0 Å². The Morgan fingerprint density at radius 1 is 0.882 bits per heavy atom. The maximum atomic E-state index is 13.4. The van der Waals surface area contributed by atoms with E-state index in [0.717, 1.165) is 52.3 Å². The van der Waals surface area contributed by atoms with Crippen LogP contribution in [-0.4, -0.2) is 26.9 Å². The summed E-state index contributed by atoms with van der Waals surface area (Å²) < 4.78 is 2.17. The minimum atomic E-state index is 0.0561. The summed E-state index contributed by atoms with van der Waals surface area (Å²) in [4.78, 5) is 20.2. The molecule has 0 aliphatic rings. The molecule has 0 fully saturated rings. The monoisotopic (exact) mass is 493 g/mol. The SMILES string of the molecule is CCCCCN(Cc1nc2ccccc2n1Cc1ccccc1Cl)C(=O)Cc1ccccc1Cl. The lowest BCUT2D eigenvalue weighted by Crippen LogP contribution is -2.34. The first-order valence-electron chi connectivity index (χ1n) is 11.8. The van der Waals surface area contributed by atoms with Crippen LogP contribution in [0.4, 0.5) is 0 Å². The molecule has 1 aromatic heterocycles. The van der Waals surface area contributed by atoms with Gasteiger partial charge in [-0.05, 0) is 41.8 Å². The minimum absolute atomic E-state index is 0.0561. The molecule has 0 unspecified atom stereocenters. The summed E-state index contributed by atoms with van der Waals surface area (Å²) in [6.07, 6.45) is 3.40. The van der Waals surface area contributed by atoms with E-state index in [4.69, 9.17) is 28.2 Å². The maximum absolute atomic E-state index is 13.4. The molecule has 0 atom stereocenters. The van der Waals surface area contributed by atoms with E-state index in [-0.39, 0.29) is 12.3 Å². The lowest BCUT2D eigenvalue weighted by Gasteiger charge is -2.23. The number of fused-ring (bicyclic) bond motifs is 1. The second-order valence-corrected chi connectivity index (χ2v) is 9.30. The molecule has 0 N–H and O–H groups in total. The summed E-state index contributed by atoms with van der Waals surface area (Å²) in [5.74, 6) is 0.908. The van der Waals surface area contributed by atoms with Gasteiger partial charge in [0, 0.05) is 16.6 Å². The fraction of sp³-hybridized carbons (Fsp3) is 0.286. The van der Waals surface area contributed by atoms with Gasteiger partial charge >= 0.3 is 0 Å². The molecule has 4 rings (SSSR count). The highest BCUT2D eigenvalue weighted by Gasteiger charge is 2.20. The number of carbonyl (C=O) groups is 1. The Hall–Kier alpha value is -2.82. The van der Waals surface area contributed by atoms with Crippen molar-refractivity contribution in [3.05, 3.63) is 99.8 Å². The van der Waals surface area contributed by atoms with Crippen molar-refractivity contribution in [2.75, 3.05) is 6.54 Å². The molecule has 4 aromatic rings. The van der Waals surface area contributed by atoms with Crippen LogP contribution >= 0.6 is 23.2 Å². The topological polar surface area (TPSA) is 38.1 Å². The summed E-state index contributed by atoms with van der Waals surface area (Å²) in [7, 11) is 0. The molecular weight excluding hydrogens is 465 g/mol. The summed E-state index contributed by atoms with van der Waals surface area (Å²) in [6.45, 7) is 3.88. The van der Waals surface area contributed by atoms with E-state index in [0.29, 0.717) is 24.7 Å². The van der Waals surface area contributed by atoms with Gasteiger partial charge in [-0.15, -0.1) is 0 Å². The fourth-order valence-corrected chi connectivity index (χ4v) is 4.55. The van der Waals surface area contributed by atoms with Gasteiger partial charge in [0.25, 0.3) is 0 Å². The first-order valence-corrected chi connectivity index (χ1v) is 12.5. The predicted molar refractivity (Wildman–Crippen MR) is 140 cm³/mol. The largest absolute Gasteiger partial charge is 0.335 e. The number of carbonyl (C=O) groups excluding carboxylic acids is 1. The fourth-order valence-electron chi connectivity index (χ4n) is 4.15. The number of rotatable bonds is 10. The number of nitrogens with zero attached hydrogens (tertiary/aromatic N) is 3. The highest BCUT2D eigenvalue weighted by Crippen LogP contribution is 2.23. The van der Waals surface area contributed by atoms with Crippen LogP contribution in [-0.2, 0) is 24.3 Å². The Morgan fingerprint density at radius 3 is 2.24 bits per heavy atom. The van der Waals surface area contributed by atoms with Gasteiger partial charge in [-0.2, -0.15) is 0 Å². The maximum Gasteiger partial charge on any atom is 0.227 e. The number of benzene rings is 3. The van der Waals surface area contributed by atoms with Crippen LogP contribution in [0.5, 0.6) is 0 Å². The second-order valence-electron chi connectivity index (χ2n) is 8.48. The predicted octanol–water partition coefficient (Wildman–Crippen LogP) is 7.15. The van der Waals surface area contributed by atoms with Gasteiger partial charge in [-0.1, -0.05) is 91.5 Å². The molecule has 3 aromatic carbocycles. The second kappa shape index (κ2) is 11.5. The van der Waals surface area contributed by atoms with Gasteiger partial charge in [0.2, 0.25) is 5.91 Å². The molecular formula is C28H29Cl2N3O. The van der Waals surface area contributed by atoms with E-state index in [1.54, 1.807) is 0 Å². The van der Waals surface area contributed by atoms with Crippen molar-refractivity contribution >= 4 is 40.1 Å². The molecule has 6 heteroatoms. The Bertz CT molecular complexity index is 1270. The molecule has 1 heterocycles. The van der Waals surface area contributed by atoms with Gasteiger partial charge in [-0.3, -0.25) is 4.79 Å². The highest BCUT2D eigenvalue weighted by atomic mass is 35.5. The van der Waals surface area contributed by atoms with Crippen molar-refractivity contribution in [2.24, 2.45) is 0 Å². The van der Waals surface area contributed by atoms with E-state index in [9.17, 15) is 4.79 Å². The molecule has 0 aliphatic carbocycles. The van der Waals surface area contributed by atoms with E-state index in [1.165, 1.54) is 0 Å². The number of imidazole rings is 1. The van der Waals surface area contributed by atoms with Crippen molar-refractivity contribution in [3.8, 4) is 0 Å². The molecule has 0 radical (unpaired) electrons. The number of amides is 1. The number of halogens is 2. The van der Waals surface area contributed by atoms with Crippen LogP contribution in [0.3, 0.4) is 0 Å². The lowest BCUT2D eigenvalue weighted by molar-refractivity contribution is -0.131. The molecule has 0 bridgehead atoms. The molecule has 0 saturated carbocycles. The van der Waals surface area contributed by atoms with Gasteiger partial charge in [0.1, 0.15) is 5.82 Å². The number of unbranched alkanes of at least 4 members (excludes halogenated alkanes) is 2. The average Bonchev–Trinajstić information content (AvgIpc) is 3.18. The zero-order valence-electron chi connectivity index (χ0n) is 19.4. The molecule has 0 saturated heterocycles. The Morgan fingerprint density at radius 2 is 1.53 bits per heavy atom. The molecule has 4 nitrogen and oxygen atoms in total. The van der Waals surface area contributed by atoms with E-state index >= 15 is 0 Å². The number of hydrogen-bond donors (Lipinski definition) is 0. The molecule has 176 valence electrons. The van der Waals surface area contributed by atoms with Crippen LogP contribution in [0.1, 0.15) is 43.1 Å². The van der Waals surface area contributed by atoms with Gasteiger partial charge < -0.3 is 9.47 Å². The molecule has 34 heavy (non-hydrogen) atoms. The highest BCUT2D eigenvalue weighted by molar-refractivity contribution is 6.31. The molecule has 1 amide bonds. The molecule has 0 spiro atoms. The first-order chi connectivity index (χ1) is 16.6. The standard InChI is InChI=1S/C28H29Cl2N3O/c1-2-3-10-17-32(28(34)18-21-11-4-6-13-23(21)29)20-27-31-25-15-8-9-16-26(25)33(27)19-22-12-5-7-14-24(22)30/h4-9,11-16H,2-3,10,17-20H2,1H3. The number of para-hydroxylation sites is 2. The van der Waals surface area contributed by atoms with Gasteiger partial charge in [-0.25, -0.2) is 4.98 Å². The zero-order valence-corrected chi connectivity index (χ0v) is 20.9. The van der Waals surface area contributed by atoms with E-state index in [2.05, 4.69) is 17.6 Å². The van der Waals surface area contributed by atoms with Crippen LogP contribution < -0.4 is 0 Å². The smallest absolute Gasteiger partial charge is 0.227 e. The van der Waals surface area contributed by atoms with Crippen molar-refractivity contribution in [1.82, 2.24) is 14.5 Å². The van der Waals surface area contributed by atoms with Crippen LogP contribution in [0.2, 0.25) is 10.0 Å². The Kier molecular flexibility index (Phi) is 8.25. The normalized spacial score (nSPS) is 11.1. The third kappa shape index (κ3) is 5.81. The summed E-state index contributed by atoms with van der Waals surface area (Å²) in [5.41, 5.74) is 3.81. The van der Waals surface area contributed by atoms with Crippen LogP contribution in [0.25, 0.3) is 11.0 Å². The van der Waals surface area contributed by atoms with Crippen molar-refractivity contribution in [1.29, 1.82) is 0 Å². The Labute approximate surface area is 211 Å². The summed E-state index contributed by atoms with van der Waals surface area (Å²) >= 11 is 12.8. The Balaban J connectivity index is 1.65. The third-order valence-corrected chi connectivity index (χ3v) is 6.77. The van der Waals surface area contributed by atoms with E-state index in [1.807, 2.05) is 71.6 Å². The van der Waals surface area contributed by atoms with Crippen molar-refractivity contribution in [3.63, 3.8) is 0 Å². The summed E-state index contributed by atoms with van der Waals surface area (Å²) in [5, 5.41) is 1.34. The van der Waals surface area contributed by atoms with Crippen molar-refractivity contribution < 1.29 is 4.79 Å². The zero-order chi connectivity index (χ0) is 23.9. The first kappa shape index (κ1) is 24.3. The van der Waals surface area contributed by atoms with Crippen LogP contribution in [0, 0.1) is 0 Å². The number of hydrogen-bond acceptors (Lipinski definition) is 2. The average molecular weight is 494 g/mol. The minimum Gasteiger partial charge on any atom is -0.335 e. The van der Waals surface area contributed by atoms with Gasteiger partial charge in [0.05, 0.1) is 30.5 Å².